The Morgan fingerprint density at radius 1 is 1.08 bits per heavy atom. The summed E-state index contributed by atoms with van der Waals surface area (Å²) in [5.74, 6) is -1.26. The van der Waals surface area contributed by atoms with Crippen LogP contribution in [0.4, 0.5) is 23.9 Å². The van der Waals surface area contributed by atoms with Gasteiger partial charge in [-0.2, -0.15) is 13.2 Å². The number of halogens is 3. The molecule has 4 aromatic rings. The molecule has 0 unspecified atom stereocenters. The number of sulfonamides is 1. The smallest absolute Gasteiger partial charge is 0.423 e. The van der Waals surface area contributed by atoms with Crippen LogP contribution in [-0.2, 0) is 22.7 Å². The molecular formula is C24H17F3N2O6S2. The summed E-state index contributed by atoms with van der Waals surface area (Å²) in [7, 11) is -4.40. The van der Waals surface area contributed by atoms with Gasteiger partial charge in [-0.25, -0.2) is 13.2 Å². The first kappa shape index (κ1) is 26.1. The van der Waals surface area contributed by atoms with Gasteiger partial charge in [-0.05, 0) is 59.8 Å². The van der Waals surface area contributed by atoms with Crippen molar-refractivity contribution in [3.63, 3.8) is 0 Å². The highest BCUT2D eigenvalue weighted by molar-refractivity contribution is 7.93. The van der Waals surface area contributed by atoms with Crippen LogP contribution in [-0.4, -0.2) is 24.4 Å². The summed E-state index contributed by atoms with van der Waals surface area (Å²) in [6.45, 7) is 1.12. The molecule has 0 aliphatic heterocycles. The Kier molecular flexibility index (Phi) is 6.69. The lowest BCUT2D eigenvalue weighted by Gasteiger charge is -2.24. The maximum absolute atomic E-state index is 13.8. The van der Waals surface area contributed by atoms with E-state index in [0.717, 1.165) is 56.1 Å². The number of alkyl halides is 3. The van der Waals surface area contributed by atoms with Gasteiger partial charge in [0.2, 0.25) is 0 Å². The van der Waals surface area contributed by atoms with E-state index in [9.17, 15) is 36.5 Å². The molecule has 0 fully saturated rings. The van der Waals surface area contributed by atoms with Gasteiger partial charge in [0.15, 0.2) is 0 Å². The molecule has 13 heteroatoms. The Morgan fingerprint density at radius 2 is 1.73 bits per heavy atom. The summed E-state index contributed by atoms with van der Waals surface area (Å²) in [6, 6.07) is 13.8. The number of benzene rings is 3. The molecule has 0 spiro atoms. The average Bonchev–Trinajstić information content (AvgIpc) is 3.17. The second-order valence-corrected chi connectivity index (χ2v) is 10.9. The third-order valence-corrected chi connectivity index (χ3v) is 8.79. The van der Waals surface area contributed by atoms with Crippen LogP contribution < -0.4 is 4.31 Å². The molecule has 4 rings (SSSR count). The molecule has 0 saturated carbocycles. The normalized spacial score (nSPS) is 12.0. The van der Waals surface area contributed by atoms with Crippen molar-refractivity contribution in [3.05, 3.63) is 99.1 Å². The number of hydrogen-bond acceptors (Lipinski definition) is 6. The highest BCUT2D eigenvalue weighted by atomic mass is 32.2. The zero-order valence-electron chi connectivity index (χ0n) is 18.9. The molecule has 0 aliphatic carbocycles. The van der Waals surface area contributed by atoms with E-state index in [1.807, 2.05) is 0 Å². The number of carboxylic acid groups (broad SMARTS) is 1. The number of aromatic carboxylic acids is 1. The highest BCUT2D eigenvalue weighted by Gasteiger charge is 2.39. The largest absolute Gasteiger partial charge is 0.478 e. The number of nitro groups is 1. The Labute approximate surface area is 212 Å². The van der Waals surface area contributed by atoms with Gasteiger partial charge < -0.3 is 5.11 Å². The zero-order valence-corrected chi connectivity index (χ0v) is 20.5. The molecule has 1 N–H and O–H groups in total. The van der Waals surface area contributed by atoms with Crippen LogP contribution >= 0.6 is 11.3 Å². The summed E-state index contributed by atoms with van der Waals surface area (Å²) < 4.78 is 69.9. The van der Waals surface area contributed by atoms with Crippen LogP contribution in [0.3, 0.4) is 0 Å². The van der Waals surface area contributed by atoms with Gasteiger partial charge in [-0.1, -0.05) is 24.3 Å². The number of rotatable bonds is 7. The van der Waals surface area contributed by atoms with E-state index in [4.69, 9.17) is 5.11 Å². The van der Waals surface area contributed by atoms with Gasteiger partial charge in [-0.3, -0.25) is 14.4 Å². The number of carbonyl (C=O) groups is 1. The fourth-order valence-corrected chi connectivity index (χ4v) is 6.73. The first-order valence-corrected chi connectivity index (χ1v) is 12.7. The minimum Gasteiger partial charge on any atom is -0.478 e. The van der Waals surface area contributed by atoms with Crippen LogP contribution in [0, 0.1) is 17.0 Å². The third-order valence-electron chi connectivity index (χ3n) is 5.62. The predicted octanol–water partition coefficient (Wildman–Crippen LogP) is 6.23. The topological polar surface area (TPSA) is 118 Å². The number of carboxylic acids is 1. The number of hydrogen-bond donors (Lipinski definition) is 1. The lowest BCUT2D eigenvalue weighted by atomic mass is 10.1. The number of anilines is 1. The number of nitrogens with zero attached hydrogens (tertiary/aromatic N) is 2. The summed E-state index contributed by atoms with van der Waals surface area (Å²) >= 11 is 1.12. The van der Waals surface area contributed by atoms with Crippen LogP contribution in [0.25, 0.3) is 10.1 Å². The van der Waals surface area contributed by atoms with E-state index in [1.165, 1.54) is 0 Å². The molecule has 0 amide bonds. The SMILES string of the molecule is Cc1c(N(Cc2ccc([N+](=O)[O-])c(C(F)(F)F)c2)S(=O)(=O)c2ccc(C(=O)O)cc2)sc2ccccc12. The van der Waals surface area contributed by atoms with Crippen molar-refractivity contribution in [2.24, 2.45) is 0 Å². The number of aryl methyl sites for hydroxylation is 1. The van der Waals surface area contributed by atoms with Crippen molar-refractivity contribution in [2.75, 3.05) is 4.31 Å². The molecule has 8 nitrogen and oxygen atoms in total. The number of thiophene rings is 1. The van der Waals surface area contributed by atoms with Crippen LogP contribution in [0.2, 0.25) is 0 Å². The summed E-state index contributed by atoms with van der Waals surface area (Å²) in [5.41, 5.74) is -2.34. The zero-order chi connectivity index (χ0) is 27.1. The standard InChI is InChI=1S/C24H17F3N2O6S2/c1-14-18-4-2-3-5-21(18)36-22(14)28(37(34,35)17-9-7-16(8-10-17)23(30)31)13-15-6-11-20(29(32)33)19(12-15)24(25,26)27/h2-12H,13H2,1H3,(H,30,31). The molecule has 0 bridgehead atoms. The maximum atomic E-state index is 13.8. The second kappa shape index (κ2) is 9.48. The highest BCUT2D eigenvalue weighted by Crippen LogP contribution is 2.42. The van der Waals surface area contributed by atoms with Gasteiger partial charge in [0.05, 0.1) is 21.9 Å². The average molecular weight is 551 g/mol. The number of fused-ring (bicyclic) bond motifs is 1. The molecule has 192 valence electrons. The van der Waals surface area contributed by atoms with Crippen molar-refractivity contribution < 1.29 is 36.4 Å². The summed E-state index contributed by atoms with van der Waals surface area (Å²) in [5, 5.41) is 21.3. The van der Waals surface area contributed by atoms with Crippen molar-refractivity contribution in [3.8, 4) is 0 Å². The first-order chi connectivity index (χ1) is 17.3. The Hall–Kier alpha value is -3.97. The van der Waals surface area contributed by atoms with E-state index < -0.39 is 44.9 Å². The van der Waals surface area contributed by atoms with E-state index in [0.29, 0.717) is 17.7 Å². The molecule has 1 heterocycles. The van der Waals surface area contributed by atoms with Gasteiger partial charge in [0.1, 0.15) is 10.6 Å². The lowest BCUT2D eigenvalue weighted by molar-refractivity contribution is -0.388. The van der Waals surface area contributed by atoms with E-state index in [2.05, 4.69) is 0 Å². The van der Waals surface area contributed by atoms with Gasteiger partial charge in [0, 0.05) is 10.8 Å². The Bertz CT molecular complexity index is 1630. The molecule has 0 aliphatic rings. The van der Waals surface area contributed by atoms with Crippen LogP contribution in [0.5, 0.6) is 0 Å². The maximum Gasteiger partial charge on any atom is 0.423 e. The Morgan fingerprint density at radius 3 is 2.30 bits per heavy atom. The Balaban J connectivity index is 1.89. The molecule has 0 saturated heterocycles. The summed E-state index contributed by atoms with van der Waals surface area (Å²) in [6.07, 6.45) is -5.04. The fourth-order valence-electron chi connectivity index (χ4n) is 3.80. The molecular weight excluding hydrogens is 533 g/mol. The second-order valence-electron chi connectivity index (χ2n) is 7.98. The van der Waals surface area contributed by atoms with E-state index in [1.54, 1.807) is 31.2 Å². The third kappa shape index (κ3) is 5.00. The van der Waals surface area contributed by atoms with Gasteiger partial charge >= 0.3 is 12.1 Å². The molecule has 0 radical (unpaired) electrons. The molecule has 3 aromatic carbocycles. The minimum atomic E-state index is -5.04. The quantitative estimate of drug-likeness (QED) is 0.215. The molecule has 0 atom stereocenters. The van der Waals surface area contributed by atoms with Gasteiger partial charge in [0.25, 0.3) is 15.7 Å². The van der Waals surface area contributed by atoms with E-state index >= 15 is 0 Å². The number of nitro benzene ring substituents is 1. The predicted molar refractivity (Wildman–Crippen MR) is 131 cm³/mol. The monoisotopic (exact) mass is 550 g/mol. The van der Waals surface area contributed by atoms with Crippen molar-refractivity contribution in [1.29, 1.82) is 0 Å². The lowest BCUT2D eigenvalue weighted by Crippen LogP contribution is -2.30. The molecule has 1 aromatic heterocycles. The van der Waals surface area contributed by atoms with Crippen molar-refractivity contribution in [2.45, 2.75) is 24.5 Å². The van der Waals surface area contributed by atoms with Gasteiger partial charge in [-0.15, -0.1) is 11.3 Å². The first-order valence-electron chi connectivity index (χ1n) is 10.5. The van der Waals surface area contributed by atoms with E-state index in [-0.39, 0.29) is 21.0 Å². The van der Waals surface area contributed by atoms with Crippen LogP contribution in [0.1, 0.15) is 27.0 Å². The minimum absolute atomic E-state index is 0.125. The van der Waals surface area contributed by atoms with Crippen LogP contribution in [0.15, 0.2) is 71.6 Å². The molecule has 37 heavy (non-hydrogen) atoms. The van der Waals surface area contributed by atoms with Crippen molar-refractivity contribution >= 4 is 48.1 Å². The van der Waals surface area contributed by atoms with Crippen molar-refractivity contribution in [1.82, 2.24) is 0 Å². The fraction of sp³-hybridized carbons (Fsp3) is 0.125. The summed E-state index contributed by atoms with van der Waals surface area (Å²) in [4.78, 5) is 20.9.